The molecule has 0 unspecified atom stereocenters. The van der Waals surface area contributed by atoms with Gasteiger partial charge in [0.1, 0.15) is 0 Å². The number of rotatable bonds is 8. The van der Waals surface area contributed by atoms with Gasteiger partial charge >= 0.3 is 5.97 Å². The predicted molar refractivity (Wildman–Crippen MR) is 68.4 cm³/mol. The largest absolute Gasteiger partial charge is 0.460 e. The lowest BCUT2D eigenvalue weighted by molar-refractivity contribution is 0.0484. The van der Waals surface area contributed by atoms with Crippen LogP contribution in [-0.2, 0) is 14.8 Å². The standard InChI is InChI=1S/C11H18N2O5S/c1-3-17-11(14)9-5-6-10(18-9)19(15,16)13-8-4-7-12-2/h5-6,12-13H,3-4,7-8H2,1-2H3. The van der Waals surface area contributed by atoms with Crippen LogP contribution < -0.4 is 10.0 Å². The number of sulfonamides is 1. The zero-order valence-corrected chi connectivity index (χ0v) is 11.7. The van der Waals surface area contributed by atoms with Gasteiger partial charge in [-0.3, -0.25) is 0 Å². The maximum Gasteiger partial charge on any atom is 0.374 e. The predicted octanol–water partition coefficient (Wildman–Crippen LogP) is 0.344. The second kappa shape index (κ2) is 7.27. The Hall–Kier alpha value is -1.38. The summed E-state index contributed by atoms with van der Waals surface area (Å²) in [4.78, 5) is 11.3. The van der Waals surface area contributed by atoms with E-state index in [2.05, 4.69) is 10.0 Å². The summed E-state index contributed by atoms with van der Waals surface area (Å²) in [5, 5.41) is 2.62. The third-order valence-electron chi connectivity index (χ3n) is 2.22. The van der Waals surface area contributed by atoms with Crippen LogP contribution in [0.5, 0.6) is 0 Å². The first kappa shape index (κ1) is 15.7. The molecule has 0 aliphatic rings. The van der Waals surface area contributed by atoms with E-state index >= 15 is 0 Å². The molecule has 19 heavy (non-hydrogen) atoms. The summed E-state index contributed by atoms with van der Waals surface area (Å²) >= 11 is 0. The molecule has 8 heteroatoms. The molecule has 0 aliphatic carbocycles. The number of hydrogen-bond donors (Lipinski definition) is 2. The molecule has 1 heterocycles. The molecule has 0 saturated heterocycles. The number of esters is 1. The van der Waals surface area contributed by atoms with E-state index in [1.165, 1.54) is 12.1 Å². The molecule has 1 aromatic heterocycles. The van der Waals surface area contributed by atoms with Gasteiger partial charge in [-0.05, 0) is 39.1 Å². The van der Waals surface area contributed by atoms with Gasteiger partial charge in [-0.2, -0.15) is 0 Å². The van der Waals surface area contributed by atoms with Crippen LogP contribution >= 0.6 is 0 Å². The maximum absolute atomic E-state index is 11.8. The van der Waals surface area contributed by atoms with E-state index < -0.39 is 16.0 Å². The Morgan fingerprint density at radius 1 is 1.37 bits per heavy atom. The molecule has 0 atom stereocenters. The monoisotopic (exact) mass is 290 g/mol. The van der Waals surface area contributed by atoms with E-state index in [1.807, 2.05) is 0 Å². The lowest BCUT2D eigenvalue weighted by Gasteiger charge is -2.03. The highest BCUT2D eigenvalue weighted by Gasteiger charge is 2.21. The number of carbonyl (C=O) groups is 1. The van der Waals surface area contributed by atoms with Crippen molar-refractivity contribution in [2.45, 2.75) is 18.4 Å². The van der Waals surface area contributed by atoms with Crippen LogP contribution in [0.1, 0.15) is 23.9 Å². The van der Waals surface area contributed by atoms with Gasteiger partial charge in [0.2, 0.25) is 10.9 Å². The molecule has 0 aliphatic heterocycles. The summed E-state index contributed by atoms with van der Waals surface area (Å²) in [5.41, 5.74) is 0. The average molecular weight is 290 g/mol. The van der Waals surface area contributed by atoms with Crippen LogP contribution in [0.2, 0.25) is 0 Å². The Morgan fingerprint density at radius 2 is 2.11 bits per heavy atom. The van der Waals surface area contributed by atoms with Crippen LogP contribution in [0.25, 0.3) is 0 Å². The molecule has 0 aromatic carbocycles. The Bertz CT molecular complexity index is 509. The molecule has 7 nitrogen and oxygen atoms in total. The van der Waals surface area contributed by atoms with Crippen molar-refractivity contribution in [3.8, 4) is 0 Å². The quantitative estimate of drug-likeness (QED) is 0.529. The van der Waals surface area contributed by atoms with E-state index in [-0.39, 0.29) is 17.5 Å². The minimum Gasteiger partial charge on any atom is -0.460 e. The fraction of sp³-hybridized carbons (Fsp3) is 0.545. The number of carbonyl (C=O) groups excluding carboxylic acids is 1. The SMILES string of the molecule is CCOC(=O)c1ccc(S(=O)(=O)NCCCNC)o1. The number of hydrogen-bond acceptors (Lipinski definition) is 6. The summed E-state index contributed by atoms with van der Waals surface area (Å²) in [5.74, 6) is -0.809. The Labute approximate surface area is 112 Å². The molecule has 0 amide bonds. The van der Waals surface area contributed by atoms with Gasteiger partial charge in [-0.15, -0.1) is 0 Å². The second-order valence-electron chi connectivity index (χ2n) is 3.69. The van der Waals surface area contributed by atoms with Gasteiger partial charge in [0, 0.05) is 6.54 Å². The molecule has 1 rings (SSSR count). The third-order valence-corrected chi connectivity index (χ3v) is 3.55. The molecular weight excluding hydrogens is 272 g/mol. The minimum atomic E-state index is -3.72. The lowest BCUT2D eigenvalue weighted by Crippen LogP contribution is -2.26. The normalized spacial score (nSPS) is 11.5. The fourth-order valence-electron chi connectivity index (χ4n) is 1.32. The highest BCUT2D eigenvalue weighted by Crippen LogP contribution is 2.14. The van der Waals surface area contributed by atoms with Gasteiger partial charge in [0.25, 0.3) is 10.0 Å². The fourth-order valence-corrected chi connectivity index (χ4v) is 2.32. The number of nitrogens with one attached hydrogen (secondary N) is 2. The third kappa shape index (κ3) is 4.66. The van der Waals surface area contributed by atoms with Gasteiger partial charge in [0.15, 0.2) is 0 Å². The van der Waals surface area contributed by atoms with E-state index in [1.54, 1.807) is 14.0 Å². The highest BCUT2D eigenvalue weighted by molar-refractivity contribution is 7.89. The molecule has 108 valence electrons. The summed E-state index contributed by atoms with van der Waals surface area (Å²) in [6.07, 6.45) is 0.654. The van der Waals surface area contributed by atoms with E-state index in [0.29, 0.717) is 19.5 Å². The molecular formula is C11H18N2O5S. The van der Waals surface area contributed by atoms with Crippen molar-refractivity contribution < 1.29 is 22.4 Å². The van der Waals surface area contributed by atoms with E-state index in [0.717, 1.165) is 0 Å². The molecule has 2 N–H and O–H groups in total. The summed E-state index contributed by atoms with van der Waals surface area (Å²) in [6.45, 7) is 2.85. The first-order chi connectivity index (χ1) is 9.01. The molecule has 0 saturated carbocycles. The highest BCUT2D eigenvalue weighted by atomic mass is 32.2. The van der Waals surface area contributed by atoms with Crippen molar-refractivity contribution in [1.29, 1.82) is 0 Å². The van der Waals surface area contributed by atoms with Crippen LogP contribution in [0.3, 0.4) is 0 Å². The Kier molecular flexibility index (Phi) is 6.00. The minimum absolute atomic E-state index is 0.127. The topological polar surface area (TPSA) is 97.6 Å². The van der Waals surface area contributed by atoms with Gasteiger partial charge in [-0.1, -0.05) is 0 Å². The van der Waals surface area contributed by atoms with Crippen molar-refractivity contribution in [2.75, 3.05) is 26.7 Å². The van der Waals surface area contributed by atoms with Crippen molar-refractivity contribution >= 4 is 16.0 Å². The summed E-state index contributed by atoms with van der Waals surface area (Å²) < 4.78 is 35.7. The Morgan fingerprint density at radius 3 is 2.74 bits per heavy atom. The maximum atomic E-state index is 11.8. The zero-order chi connectivity index (χ0) is 14.3. The van der Waals surface area contributed by atoms with Crippen molar-refractivity contribution in [3.05, 3.63) is 17.9 Å². The second-order valence-corrected chi connectivity index (χ2v) is 5.39. The lowest BCUT2D eigenvalue weighted by atomic mass is 10.4. The number of ether oxygens (including phenoxy) is 1. The molecule has 0 bridgehead atoms. The Balaban J connectivity index is 2.66. The molecule has 0 spiro atoms. The van der Waals surface area contributed by atoms with Gasteiger partial charge in [-0.25, -0.2) is 17.9 Å². The summed E-state index contributed by atoms with van der Waals surface area (Å²) in [6, 6.07) is 2.51. The van der Waals surface area contributed by atoms with Gasteiger partial charge < -0.3 is 14.5 Å². The number of furan rings is 1. The van der Waals surface area contributed by atoms with Crippen molar-refractivity contribution in [3.63, 3.8) is 0 Å². The van der Waals surface area contributed by atoms with Crippen LogP contribution in [-0.4, -0.2) is 41.1 Å². The smallest absolute Gasteiger partial charge is 0.374 e. The van der Waals surface area contributed by atoms with Crippen molar-refractivity contribution in [2.24, 2.45) is 0 Å². The zero-order valence-electron chi connectivity index (χ0n) is 10.9. The van der Waals surface area contributed by atoms with Crippen LogP contribution in [0.15, 0.2) is 21.6 Å². The first-order valence-corrected chi connectivity index (χ1v) is 7.40. The molecule has 1 aromatic rings. The first-order valence-electron chi connectivity index (χ1n) is 5.92. The van der Waals surface area contributed by atoms with Crippen LogP contribution in [0.4, 0.5) is 0 Å². The summed E-state index contributed by atoms with van der Waals surface area (Å²) in [7, 11) is -1.94. The average Bonchev–Trinajstić information content (AvgIpc) is 2.85. The van der Waals surface area contributed by atoms with E-state index in [9.17, 15) is 13.2 Å². The van der Waals surface area contributed by atoms with E-state index in [4.69, 9.17) is 9.15 Å². The van der Waals surface area contributed by atoms with Gasteiger partial charge in [0.05, 0.1) is 6.61 Å². The molecule has 0 fully saturated rings. The van der Waals surface area contributed by atoms with Crippen LogP contribution in [0, 0.1) is 0 Å². The molecule has 0 radical (unpaired) electrons. The van der Waals surface area contributed by atoms with Crippen molar-refractivity contribution in [1.82, 2.24) is 10.0 Å².